The number of nitrogens with one attached hydrogen (secondary N) is 3. The lowest BCUT2D eigenvalue weighted by Crippen LogP contribution is -2.06. The highest BCUT2D eigenvalue weighted by Crippen LogP contribution is 2.21. The Bertz CT molecular complexity index is 1150. The summed E-state index contributed by atoms with van der Waals surface area (Å²) in [6, 6.07) is 13.5. The van der Waals surface area contributed by atoms with Gasteiger partial charge in [-0.3, -0.25) is 0 Å². The van der Waals surface area contributed by atoms with Gasteiger partial charge in [-0.25, -0.2) is 14.8 Å². The zero-order valence-corrected chi connectivity index (χ0v) is 15.9. The number of nitrogens with zero attached hydrogens (tertiary/aromatic N) is 2. The average molecular weight is 391 g/mol. The summed E-state index contributed by atoms with van der Waals surface area (Å²) in [6.07, 6.45) is 3.51. The third kappa shape index (κ3) is 4.61. The molecule has 0 saturated carbocycles. The van der Waals surface area contributed by atoms with Crippen molar-refractivity contribution in [1.29, 1.82) is 0 Å². The summed E-state index contributed by atoms with van der Waals surface area (Å²) in [6.45, 7) is 1.65. The second kappa shape index (κ2) is 8.57. The van der Waals surface area contributed by atoms with Crippen LogP contribution in [-0.4, -0.2) is 40.3 Å². The highest BCUT2D eigenvalue weighted by Gasteiger charge is 2.05. The maximum Gasteiger partial charge on any atom is 0.323 e. The molecule has 0 aliphatic carbocycles. The molecule has 0 spiro atoms. The summed E-state index contributed by atoms with van der Waals surface area (Å²) >= 11 is 0. The maximum absolute atomic E-state index is 11.4. The smallest absolute Gasteiger partial charge is 0.323 e. The number of anilines is 1. The number of methoxy groups -OCH3 is 1. The molecule has 2 aromatic carbocycles. The fourth-order valence-corrected chi connectivity index (χ4v) is 2.95. The van der Waals surface area contributed by atoms with Crippen molar-refractivity contribution in [3.8, 4) is 16.9 Å². The molecule has 0 bridgehead atoms. The second-order valence-corrected chi connectivity index (χ2v) is 6.48. The van der Waals surface area contributed by atoms with Crippen LogP contribution in [0.5, 0.6) is 5.75 Å². The lowest BCUT2D eigenvalue weighted by atomic mass is 10.1. The first-order chi connectivity index (χ1) is 14.2. The Hall–Kier alpha value is -3.65. The van der Waals surface area contributed by atoms with Gasteiger partial charge in [0, 0.05) is 31.6 Å². The number of benzene rings is 2. The van der Waals surface area contributed by atoms with Crippen LogP contribution in [0.3, 0.4) is 0 Å². The van der Waals surface area contributed by atoms with E-state index in [-0.39, 0.29) is 5.69 Å². The molecule has 148 valence electrons. The van der Waals surface area contributed by atoms with Crippen molar-refractivity contribution in [1.82, 2.24) is 19.9 Å². The van der Waals surface area contributed by atoms with E-state index < -0.39 is 0 Å². The Balaban J connectivity index is 1.40. The van der Waals surface area contributed by atoms with Crippen molar-refractivity contribution >= 4 is 17.0 Å². The van der Waals surface area contributed by atoms with E-state index in [1.807, 2.05) is 42.5 Å². The predicted octanol–water partition coefficient (Wildman–Crippen LogP) is 2.95. The van der Waals surface area contributed by atoms with Crippen LogP contribution in [0.1, 0.15) is 5.56 Å². The normalized spacial score (nSPS) is 10.9. The molecule has 0 atom stereocenters. The quantitative estimate of drug-likeness (QED) is 0.399. The molecule has 0 saturated heterocycles. The number of rotatable bonds is 8. The molecule has 0 aliphatic rings. The molecule has 3 N–H and O–H groups in total. The van der Waals surface area contributed by atoms with E-state index in [2.05, 4.69) is 25.3 Å². The Morgan fingerprint density at radius 1 is 0.966 bits per heavy atom. The van der Waals surface area contributed by atoms with Gasteiger partial charge in [0.1, 0.15) is 12.4 Å². The van der Waals surface area contributed by atoms with Crippen LogP contribution < -0.4 is 15.7 Å². The molecule has 0 fully saturated rings. The first-order valence-electron chi connectivity index (χ1n) is 9.20. The highest BCUT2D eigenvalue weighted by atomic mass is 16.5. The molecule has 0 unspecified atom stereocenters. The van der Waals surface area contributed by atoms with Crippen molar-refractivity contribution in [3.05, 3.63) is 70.9 Å². The van der Waals surface area contributed by atoms with E-state index in [0.717, 1.165) is 33.5 Å². The minimum atomic E-state index is -0.221. The molecule has 0 amide bonds. The van der Waals surface area contributed by atoms with Crippen molar-refractivity contribution in [2.45, 2.75) is 6.54 Å². The standard InChI is InChI=1S/C21H21N5O3/c1-28-7-8-29-17-4-2-3-14(9-17)11-22-20-23-12-16(13-24-20)15-5-6-18-19(10-15)26-21(27)25-18/h2-6,9-10,12-13H,7-8,11H2,1H3,(H,22,23,24)(H2,25,26,27). The van der Waals surface area contributed by atoms with Crippen molar-refractivity contribution in [3.63, 3.8) is 0 Å². The molecule has 2 heterocycles. The molecule has 29 heavy (non-hydrogen) atoms. The molecule has 4 rings (SSSR count). The minimum absolute atomic E-state index is 0.221. The largest absolute Gasteiger partial charge is 0.491 e. The molecular weight excluding hydrogens is 370 g/mol. The van der Waals surface area contributed by atoms with Gasteiger partial charge >= 0.3 is 5.69 Å². The average Bonchev–Trinajstić information content (AvgIpc) is 3.12. The number of aromatic nitrogens is 4. The van der Waals surface area contributed by atoms with Crippen molar-refractivity contribution in [2.75, 3.05) is 25.6 Å². The Morgan fingerprint density at radius 3 is 2.62 bits per heavy atom. The van der Waals surface area contributed by atoms with E-state index in [1.54, 1.807) is 19.5 Å². The van der Waals surface area contributed by atoms with Gasteiger partial charge in [-0.1, -0.05) is 18.2 Å². The zero-order valence-electron chi connectivity index (χ0n) is 15.9. The second-order valence-electron chi connectivity index (χ2n) is 6.48. The van der Waals surface area contributed by atoms with E-state index in [0.29, 0.717) is 25.7 Å². The molecule has 4 aromatic rings. The van der Waals surface area contributed by atoms with Crippen molar-refractivity contribution in [2.24, 2.45) is 0 Å². The number of hydrogen-bond donors (Lipinski definition) is 3. The number of hydrogen-bond acceptors (Lipinski definition) is 6. The number of H-pyrrole nitrogens is 2. The van der Waals surface area contributed by atoms with Crippen LogP contribution in [0.4, 0.5) is 5.95 Å². The summed E-state index contributed by atoms with van der Waals surface area (Å²) in [5, 5.41) is 3.21. The molecule has 0 aliphatic heterocycles. The van der Waals surface area contributed by atoms with Crippen LogP contribution in [-0.2, 0) is 11.3 Å². The molecule has 0 radical (unpaired) electrons. The zero-order chi connectivity index (χ0) is 20.1. The Kier molecular flexibility index (Phi) is 5.53. The van der Waals surface area contributed by atoms with Gasteiger partial charge in [-0.2, -0.15) is 0 Å². The van der Waals surface area contributed by atoms with Gasteiger partial charge in [-0.05, 0) is 35.4 Å². The van der Waals surface area contributed by atoms with E-state index in [4.69, 9.17) is 9.47 Å². The lowest BCUT2D eigenvalue weighted by Gasteiger charge is -2.09. The van der Waals surface area contributed by atoms with Gasteiger partial charge in [0.25, 0.3) is 0 Å². The summed E-state index contributed by atoms with van der Waals surface area (Å²) in [7, 11) is 1.65. The van der Waals surface area contributed by atoms with E-state index in [9.17, 15) is 4.79 Å². The molecular formula is C21H21N5O3. The first-order valence-corrected chi connectivity index (χ1v) is 9.20. The predicted molar refractivity (Wildman–Crippen MR) is 111 cm³/mol. The number of fused-ring (bicyclic) bond motifs is 1. The number of ether oxygens (including phenoxy) is 2. The number of aromatic amines is 2. The van der Waals surface area contributed by atoms with E-state index in [1.165, 1.54) is 0 Å². The van der Waals surface area contributed by atoms with Gasteiger partial charge < -0.3 is 24.8 Å². The van der Waals surface area contributed by atoms with Crippen LogP contribution in [0.15, 0.2) is 59.7 Å². The summed E-state index contributed by atoms with van der Waals surface area (Å²) in [5.74, 6) is 1.34. The Labute approximate surface area is 166 Å². The van der Waals surface area contributed by atoms with Crippen LogP contribution in [0.25, 0.3) is 22.2 Å². The lowest BCUT2D eigenvalue weighted by molar-refractivity contribution is 0.146. The fraction of sp³-hybridized carbons (Fsp3) is 0.190. The van der Waals surface area contributed by atoms with Gasteiger partial charge in [0.2, 0.25) is 5.95 Å². The highest BCUT2D eigenvalue weighted by molar-refractivity contribution is 5.81. The van der Waals surface area contributed by atoms with Gasteiger partial charge in [0.05, 0.1) is 17.6 Å². The number of imidazole rings is 1. The monoisotopic (exact) mass is 391 g/mol. The van der Waals surface area contributed by atoms with Gasteiger partial charge in [-0.15, -0.1) is 0 Å². The summed E-state index contributed by atoms with van der Waals surface area (Å²) in [4.78, 5) is 25.7. The minimum Gasteiger partial charge on any atom is -0.491 e. The Morgan fingerprint density at radius 2 is 1.79 bits per heavy atom. The summed E-state index contributed by atoms with van der Waals surface area (Å²) in [5.41, 5.74) is 4.16. The molecule has 8 heteroatoms. The fourth-order valence-electron chi connectivity index (χ4n) is 2.95. The maximum atomic E-state index is 11.4. The van der Waals surface area contributed by atoms with Crippen molar-refractivity contribution < 1.29 is 9.47 Å². The summed E-state index contributed by atoms with van der Waals surface area (Å²) < 4.78 is 10.6. The third-order valence-electron chi connectivity index (χ3n) is 4.41. The third-order valence-corrected chi connectivity index (χ3v) is 4.41. The van der Waals surface area contributed by atoms with Gasteiger partial charge in [0.15, 0.2) is 0 Å². The SMILES string of the molecule is COCCOc1cccc(CNc2ncc(-c3ccc4[nH]c(=O)[nH]c4c3)cn2)c1. The first kappa shape index (κ1) is 18.7. The molecule has 2 aromatic heterocycles. The van der Waals surface area contributed by atoms with Crippen LogP contribution >= 0.6 is 0 Å². The van der Waals surface area contributed by atoms with Crippen LogP contribution in [0, 0.1) is 0 Å². The molecule has 8 nitrogen and oxygen atoms in total. The van der Waals surface area contributed by atoms with E-state index >= 15 is 0 Å². The topological polar surface area (TPSA) is 105 Å². The van der Waals surface area contributed by atoms with Crippen LogP contribution in [0.2, 0.25) is 0 Å².